The van der Waals surface area contributed by atoms with Crippen LogP contribution in [0.4, 0.5) is 4.39 Å². The van der Waals surface area contributed by atoms with Crippen LogP contribution in [0.5, 0.6) is 0 Å². The van der Waals surface area contributed by atoms with E-state index < -0.39 is 15.8 Å². The number of benzene rings is 1. The zero-order chi connectivity index (χ0) is 17.7. The molecule has 3 rings (SSSR count). The predicted octanol–water partition coefficient (Wildman–Crippen LogP) is 0.652. The van der Waals surface area contributed by atoms with Crippen molar-refractivity contribution in [2.24, 2.45) is 0 Å². The van der Waals surface area contributed by atoms with Gasteiger partial charge >= 0.3 is 0 Å². The maximum atomic E-state index is 13.4. The van der Waals surface area contributed by atoms with E-state index in [9.17, 15) is 12.8 Å². The summed E-state index contributed by atoms with van der Waals surface area (Å²) >= 11 is 0. The third-order valence-electron chi connectivity index (χ3n) is 4.78. The van der Waals surface area contributed by atoms with E-state index in [2.05, 4.69) is 10.2 Å². The second-order valence-electron chi connectivity index (χ2n) is 6.60. The second kappa shape index (κ2) is 8.55. The van der Waals surface area contributed by atoms with Crippen LogP contribution in [0.3, 0.4) is 0 Å². The molecule has 140 valence electrons. The van der Waals surface area contributed by atoms with Crippen LogP contribution in [-0.2, 0) is 20.5 Å². The van der Waals surface area contributed by atoms with Crippen molar-refractivity contribution in [2.45, 2.75) is 18.2 Å². The molecule has 8 heteroatoms. The summed E-state index contributed by atoms with van der Waals surface area (Å²) < 4.78 is 46.4. The van der Waals surface area contributed by atoms with Gasteiger partial charge in [0.05, 0.1) is 19.0 Å². The molecule has 1 aromatic carbocycles. The quantitative estimate of drug-likeness (QED) is 0.763. The minimum Gasteiger partial charge on any atom is -0.379 e. The van der Waals surface area contributed by atoms with Crippen molar-refractivity contribution in [3.8, 4) is 0 Å². The Labute approximate surface area is 149 Å². The minimum absolute atomic E-state index is 0.0281. The molecule has 0 amide bonds. The molecule has 2 aliphatic heterocycles. The van der Waals surface area contributed by atoms with Gasteiger partial charge in [0.15, 0.2) is 0 Å². The number of hydrogen-bond donors (Lipinski definition) is 1. The van der Waals surface area contributed by atoms with E-state index in [1.165, 1.54) is 12.1 Å². The van der Waals surface area contributed by atoms with Crippen molar-refractivity contribution in [3.05, 3.63) is 35.6 Å². The summed E-state index contributed by atoms with van der Waals surface area (Å²) in [6, 6.07) is 5.81. The summed E-state index contributed by atoms with van der Waals surface area (Å²) in [6.07, 6.45) is 0.811. The molecular formula is C17H26FN3O3S. The van der Waals surface area contributed by atoms with E-state index in [0.29, 0.717) is 38.4 Å². The van der Waals surface area contributed by atoms with E-state index in [0.717, 1.165) is 26.1 Å². The van der Waals surface area contributed by atoms with Gasteiger partial charge in [-0.3, -0.25) is 4.90 Å². The third kappa shape index (κ3) is 5.21. The fourth-order valence-electron chi connectivity index (χ4n) is 3.42. The van der Waals surface area contributed by atoms with E-state index in [1.54, 1.807) is 16.4 Å². The Morgan fingerprint density at radius 1 is 1.32 bits per heavy atom. The lowest BCUT2D eigenvalue weighted by atomic mass is 10.2. The van der Waals surface area contributed by atoms with Crippen molar-refractivity contribution in [3.63, 3.8) is 0 Å². The van der Waals surface area contributed by atoms with Gasteiger partial charge in [-0.15, -0.1) is 0 Å². The first kappa shape index (κ1) is 18.7. The van der Waals surface area contributed by atoms with E-state index >= 15 is 0 Å². The molecule has 1 atom stereocenters. The molecule has 0 radical (unpaired) electrons. The number of nitrogens with zero attached hydrogens (tertiary/aromatic N) is 2. The lowest BCUT2D eigenvalue weighted by Crippen LogP contribution is -2.47. The molecule has 2 saturated heterocycles. The molecule has 0 aliphatic carbocycles. The smallest absolute Gasteiger partial charge is 0.218 e. The molecule has 6 nitrogen and oxygen atoms in total. The normalized spacial score (nSPS) is 22.6. The van der Waals surface area contributed by atoms with Gasteiger partial charge in [-0.2, -0.15) is 4.31 Å². The van der Waals surface area contributed by atoms with Crippen LogP contribution in [0, 0.1) is 5.82 Å². The molecule has 2 fully saturated rings. The Morgan fingerprint density at radius 2 is 2.12 bits per heavy atom. The van der Waals surface area contributed by atoms with Crippen molar-refractivity contribution in [1.29, 1.82) is 0 Å². The summed E-state index contributed by atoms with van der Waals surface area (Å²) in [5, 5.41) is 3.24. The monoisotopic (exact) mass is 371 g/mol. The maximum absolute atomic E-state index is 13.4. The van der Waals surface area contributed by atoms with Crippen LogP contribution >= 0.6 is 0 Å². The van der Waals surface area contributed by atoms with Crippen molar-refractivity contribution >= 4 is 10.0 Å². The highest BCUT2D eigenvalue weighted by Crippen LogP contribution is 2.18. The highest BCUT2D eigenvalue weighted by Gasteiger charge is 2.32. The molecule has 2 aliphatic rings. The van der Waals surface area contributed by atoms with Crippen molar-refractivity contribution in [2.75, 3.05) is 52.5 Å². The molecule has 1 unspecified atom stereocenters. The molecule has 2 heterocycles. The lowest BCUT2D eigenvalue weighted by Gasteiger charge is -2.32. The Kier molecular flexibility index (Phi) is 6.40. The van der Waals surface area contributed by atoms with Crippen LogP contribution in [0.2, 0.25) is 0 Å². The van der Waals surface area contributed by atoms with Gasteiger partial charge < -0.3 is 10.1 Å². The topological polar surface area (TPSA) is 61.9 Å². The SMILES string of the molecule is O=S(=O)(Cc1cccc(F)c1)N(CCN1CCOCC1)C1CCNC1. The average molecular weight is 371 g/mol. The number of nitrogens with one attached hydrogen (secondary N) is 1. The van der Waals surface area contributed by atoms with Gasteiger partial charge in [-0.25, -0.2) is 12.8 Å². The molecule has 0 spiro atoms. The summed E-state index contributed by atoms with van der Waals surface area (Å²) in [5.74, 6) is -0.570. The van der Waals surface area contributed by atoms with E-state index in [1.807, 2.05) is 0 Å². The summed E-state index contributed by atoms with van der Waals surface area (Å²) in [5.41, 5.74) is 0.488. The Balaban J connectivity index is 1.70. The standard InChI is InChI=1S/C17H26FN3O3S/c18-16-3-1-2-15(12-16)14-25(22,23)21(17-4-5-19-13-17)7-6-20-8-10-24-11-9-20/h1-3,12,17,19H,4-11,13-14H2. The fourth-order valence-corrected chi connectivity index (χ4v) is 5.18. The average Bonchev–Trinajstić information content (AvgIpc) is 3.09. The largest absolute Gasteiger partial charge is 0.379 e. The fraction of sp³-hybridized carbons (Fsp3) is 0.647. The Morgan fingerprint density at radius 3 is 2.80 bits per heavy atom. The highest BCUT2D eigenvalue weighted by molar-refractivity contribution is 7.88. The predicted molar refractivity (Wildman–Crippen MR) is 94.3 cm³/mol. The Bertz CT molecular complexity index is 659. The van der Waals surface area contributed by atoms with Crippen LogP contribution in [-0.4, -0.2) is 76.1 Å². The number of ether oxygens (including phenoxy) is 1. The number of halogens is 1. The van der Waals surface area contributed by atoms with Crippen LogP contribution < -0.4 is 5.32 Å². The highest BCUT2D eigenvalue weighted by atomic mass is 32.2. The molecule has 1 N–H and O–H groups in total. The van der Waals surface area contributed by atoms with E-state index in [4.69, 9.17) is 4.74 Å². The molecular weight excluding hydrogens is 345 g/mol. The maximum Gasteiger partial charge on any atom is 0.218 e. The summed E-state index contributed by atoms with van der Waals surface area (Å²) in [7, 11) is -3.51. The molecule has 0 saturated carbocycles. The number of rotatable bonds is 7. The minimum atomic E-state index is -3.51. The number of sulfonamides is 1. The van der Waals surface area contributed by atoms with Gasteiger partial charge in [-0.1, -0.05) is 12.1 Å². The summed E-state index contributed by atoms with van der Waals surface area (Å²) in [6.45, 7) is 5.72. The van der Waals surface area contributed by atoms with Crippen molar-refractivity contribution < 1.29 is 17.5 Å². The van der Waals surface area contributed by atoms with Gasteiger partial charge in [0, 0.05) is 38.8 Å². The van der Waals surface area contributed by atoms with Gasteiger partial charge in [0.2, 0.25) is 10.0 Å². The van der Waals surface area contributed by atoms with Gasteiger partial charge in [-0.05, 0) is 30.7 Å². The first-order chi connectivity index (χ1) is 12.0. The third-order valence-corrected chi connectivity index (χ3v) is 6.67. The summed E-state index contributed by atoms with van der Waals surface area (Å²) in [4.78, 5) is 2.23. The first-order valence-electron chi connectivity index (χ1n) is 8.79. The van der Waals surface area contributed by atoms with Crippen molar-refractivity contribution in [1.82, 2.24) is 14.5 Å². The van der Waals surface area contributed by atoms with Gasteiger partial charge in [0.25, 0.3) is 0 Å². The van der Waals surface area contributed by atoms with Crippen LogP contribution in [0.1, 0.15) is 12.0 Å². The Hall–Kier alpha value is -1.06. The zero-order valence-corrected chi connectivity index (χ0v) is 15.2. The number of morpholine rings is 1. The molecule has 0 bridgehead atoms. The molecule has 0 aromatic heterocycles. The van der Waals surface area contributed by atoms with Crippen LogP contribution in [0.25, 0.3) is 0 Å². The van der Waals surface area contributed by atoms with E-state index in [-0.39, 0.29) is 11.8 Å². The number of hydrogen-bond acceptors (Lipinski definition) is 5. The molecule has 1 aromatic rings. The zero-order valence-electron chi connectivity index (χ0n) is 14.4. The lowest BCUT2D eigenvalue weighted by molar-refractivity contribution is 0.0355. The van der Waals surface area contributed by atoms with Gasteiger partial charge in [0.1, 0.15) is 5.82 Å². The molecule has 25 heavy (non-hydrogen) atoms. The van der Waals surface area contributed by atoms with Crippen LogP contribution in [0.15, 0.2) is 24.3 Å². The second-order valence-corrected chi connectivity index (χ2v) is 8.52. The first-order valence-corrected chi connectivity index (χ1v) is 10.4.